The third-order valence-corrected chi connectivity index (χ3v) is 3.71. The van der Waals surface area contributed by atoms with Gasteiger partial charge in [0.05, 0.1) is 7.11 Å². The van der Waals surface area contributed by atoms with Gasteiger partial charge in [-0.25, -0.2) is 0 Å². The van der Waals surface area contributed by atoms with Crippen LogP contribution in [0.25, 0.3) is 0 Å². The van der Waals surface area contributed by atoms with Gasteiger partial charge in [0.15, 0.2) is 0 Å². The summed E-state index contributed by atoms with van der Waals surface area (Å²) in [6.45, 7) is 2.26. The Labute approximate surface area is 118 Å². The normalized spacial score (nSPS) is 12.4. The van der Waals surface area contributed by atoms with Gasteiger partial charge in [-0.15, -0.1) is 0 Å². The van der Waals surface area contributed by atoms with Crippen molar-refractivity contribution in [3.63, 3.8) is 0 Å². The molecule has 1 atom stereocenters. The Bertz CT molecular complexity index is 338. The van der Waals surface area contributed by atoms with Crippen molar-refractivity contribution in [2.24, 2.45) is 0 Å². The lowest BCUT2D eigenvalue weighted by atomic mass is 9.99. The number of unbranched alkanes of at least 4 members (excludes halogenated alkanes) is 5. The van der Waals surface area contributed by atoms with Crippen molar-refractivity contribution >= 4 is 0 Å². The van der Waals surface area contributed by atoms with Crippen LogP contribution in [0.15, 0.2) is 24.3 Å². The SMILES string of the molecule is CCCCCCCCC(NC)c1ccccc1OC. The minimum atomic E-state index is 0.405. The standard InChI is InChI=1S/C17H29NO/c1-4-5-6-7-8-9-13-16(18-2)15-12-10-11-14-17(15)19-3/h10-12,14,16,18H,4-9,13H2,1-3H3. The predicted octanol–water partition coefficient (Wildman–Crippen LogP) is 4.71. The minimum absolute atomic E-state index is 0.405. The van der Waals surface area contributed by atoms with Gasteiger partial charge in [-0.05, 0) is 19.5 Å². The molecule has 0 saturated heterocycles. The van der Waals surface area contributed by atoms with Crippen LogP contribution in [0.5, 0.6) is 5.75 Å². The molecule has 2 nitrogen and oxygen atoms in total. The predicted molar refractivity (Wildman–Crippen MR) is 82.8 cm³/mol. The fourth-order valence-corrected chi connectivity index (χ4v) is 2.54. The fraction of sp³-hybridized carbons (Fsp3) is 0.647. The lowest BCUT2D eigenvalue weighted by Gasteiger charge is -2.19. The lowest BCUT2D eigenvalue weighted by molar-refractivity contribution is 0.396. The molecule has 1 aromatic carbocycles. The van der Waals surface area contributed by atoms with Gasteiger partial charge in [0.2, 0.25) is 0 Å². The van der Waals surface area contributed by atoms with E-state index in [0.717, 1.165) is 5.75 Å². The first-order valence-electron chi connectivity index (χ1n) is 7.63. The molecule has 2 heteroatoms. The van der Waals surface area contributed by atoms with Crippen molar-refractivity contribution in [2.75, 3.05) is 14.2 Å². The zero-order valence-electron chi connectivity index (χ0n) is 12.7. The van der Waals surface area contributed by atoms with Gasteiger partial charge in [-0.1, -0.05) is 63.6 Å². The summed E-state index contributed by atoms with van der Waals surface area (Å²) in [5.41, 5.74) is 1.28. The van der Waals surface area contributed by atoms with Crippen LogP contribution in [0.3, 0.4) is 0 Å². The van der Waals surface area contributed by atoms with Gasteiger partial charge in [-0.3, -0.25) is 0 Å². The average Bonchev–Trinajstić information content (AvgIpc) is 2.47. The summed E-state index contributed by atoms with van der Waals surface area (Å²) >= 11 is 0. The molecule has 0 aliphatic heterocycles. The average molecular weight is 263 g/mol. The van der Waals surface area contributed by atoms with Crippen LogP contribution in [0.2, 0.25) is 0 Å². The van der Waals surface area contributed by atoms with E-state index in [1.165, 1.54) is 50.5 Å². The largest absolute Gasteiger partial charge is 0.496 e. The topological polar surface area (TPSA) is 21.3 Å². The summed E-state index contributed by atoms with van der Waals surface area (Å²) in [7, 11) is 3.78. The molecule has 1 rings (SSSR count). The molecule has 1 aromatic rings. The number of hydrogen-bond acceptors (Lipinski definition) is 2. The van der Waals surface area contributed by atoms with E-state index in [2.05, 4.69) is 24.4 Å². The second-order valence-electron chi connectivity index (χ2n) is 5.14. The smallest absolute Gasteiger partial charge is 0.123 e. The third-order valence-electron chi connectivity index (χ3n) is 3.71. The first-order chi connectivity index (χ1) is 9.33. The molecule has 0 amide bonds. The molecule has 108 valence electrons. The monoisotopic (exact) mass is 263 g/mol. The number of hydrogen-bond donors (Lipinski definition) is 1. The lowest BCUT2D eigenvalue weighted by Crippen LogP contribution is -2.17. The third kappa shape index (κ3) is 5.65. The van der Waals surface area contributed by atoms with Crippen LogP contribution in [0.1, 0.15) is 63.5 Å². The molecule has 0 heterocycles. The Hall–Kier alpha value is -1.02. The van der Waals surface area contributed by atoms with Crippen molar-refractivity contribution < 1.29 is 4.74 Å². The number of methoxy groups -OCH3 is 1. The molecule has 1 N–H and O–H groups in total. The van der Waals surface area contributed by atoms with E-state index in [1.807, 2.05) is 19.2 Å². The van der Waals surface area contributed by atoms with Crippen LogP contribution in [0, 0.1) is 0 Å². The Balaban J connectivity index is 2.40. The van der Waals surface area contributed by atoms with Crippen LogP contribution in [-0.2, 0) is 0 Å². The number of nitrogens with one attached hydrogen (secondary N) is 1. The molecule has 0 fully saturated rings. The van der Waals surface area contributed by atoms with Gasteiger partial charge in [-0.2, -0.15) is 0 Å². The van der Waals surface area contributed by atoms with Gasteiger partial charge >= 0.3 is 0 Å². The van der Waals surface area contributed by atoms with Crippen molar-refractivity contribution in [1.82, 2.24) is 5.32 Å². The van der Waals surface area contributed by atoms with Crippen molar-refractivity contribution in [1.29, 1.82) is 0 Å². The van der Waals surface area contributed by atoms with E-state index in [9.17, 15) is 0 Å². The fourth-order valence-electron chi connectivity index (χ4n) is 2.54. The Morgan fingerprint density at radius 3 is 2.42 bits per heavy atom. The molecule has 1 unspecified atom stereocenters. The molecular formula is C17H29NO. The van der Waals surface area contributed by atoms with E-state index < -0.39 is 0 Å². The van der Waals surface area contributed by atoms with E-state index in [1.54, 1.807) is 7.11 Å². The van der Waals surface area contributed by atoms with Crippen LogP contribution < -0.4 is 10.1 Å². The number of rotatable bonds is 10. The highest BCUT2D eigenvalue weighted by Crippen LogP contribution is 2.28. The molecule has 0 aliphatic carbocycles. The van der Waals surface area contributed by atoms with E-state index in [-0.39, 0.29) is 0 Å². The van der Waals surface area contributed by atoms with Crippen LogP contribution >= 0.6 is 0 Å². The second kappa shape index (κ2) is 9.85. The second-order valence-corrected chi connectivity index (χ2v) is 5.14. The highest BCUT2D eigenvalue weighted by Gasteiger charge is 2.13. The summed E-state index contributed by atoms with van der Waals surface area (Å²) in [6.07, 6.45) is 9.26. The summed E-state index contributed by atoms with van der Waals surface area (Å²) in [5, 5.41) is 3.42. The molecule has 0 radical (unpaired) electrons. The molecule has 0 saturated carbocycles. The maximum atomic E-state index is 5.45. The van der Waals surface area contributed by atoms with E-state index in [0.29, 0.717) is 6.04 Å². The quantitative estimate of drug-likeness (QED) is 0.617. The highest BCUT2D eigenvalue weighted by molar-refractivity contribution is 5.35. The van der Waals surface area contributed by atoms with Crippen molar-refractivity contribution in [3.8, 4) is 5.75 Å². The van der Waals surface area contributed by atoms with Crippen LogP contribution in [-0.4, -0.2) is 14.2 Å². The number of ether oxygens (including phenoxy) is 1. The number of para-hydroxylation sites is 1. The summed E-state index contributed by atoms with van der Waals surface area (Å²) in [5.74, 6) is 0.993. The van der Waals surface area contributed by atoms with E-state index >= 15 is 0 Å². The Morgan fingerprint density at radius 2 is 1.74 bits per heavy atom. The Morgan fingerprint density at radius 1 is 1.05 bits per heavy atom. The van der Waals surface area contributed by atoms with Crippen molar-refractivity contribution in [2.45, 2.75) is 57.9 Å². The Kier molecular flexibility index (Phi) is 8.31. The van der Waals surface area contributed by atoms with Gasteiger partial charge < -0.3 is 10.1 Å². The molecule has 0 bridgehead atoms. The zero-order valence-corrected chi connectivity index (χ0v) is 12.7. The zero-order chi connectivity index (χ0) is 13.9. The maximum absolute atomic E-state index is 5.45. The first kappa shape index (κ1) is 16.0. The summed E-state index contributed by atoms with van der Waals surface area (Å²) in [4.78, 5) is 0. The van der Waals surface area contributed by atoms with Gasteiger partial charge in [0, 0.05) is 11.6 Å². The van der Waals surface area contributed by atoms with Crippen molar-refractivity contribution in [3.05, 3.63) is 29.8 Å². The molecular weight excluding hydrogens is 234 g/mol. The minimum Gasteiger partial charge on any atom is -0.496 e. The summed E-state index contributed by atoms with van der Waals surface area (Å²) in [6, 6.07) is 8.73. The highest BCUT2D eigenvalue weighted by atomic mass is 16.5. The van der Waals surface area contributed by atoms with Gasteiger partial charge in [0.1, 0.15) is 5.75 Å². The molecule has 0 aromatic heterocycles. The molecule has 0 spiro atoms. The van der Waals surface area contributed by atoms with Crippen LogP contribution in [0.4, 0.5) is 0 Å². The summed E-state index contributed by atoms with van der Waals surface area (Å²) < 4.78 is 5.45. The maximum Gasteiger partial charge on any atom is 0.123 e. The van der Waals surface area contributed by atoms with E-state index in [4.69, 9.17) is 4.74 Å². The molecule has 19 heavy (non-hydrogen) atoms. The molecule has 0 aliphatic rings. The number of benzene rings is 1. The first-order valence-corrected chi connectivity index (χ1v) is 7.63. The van der Waals surface area contributed by atoms with Gasteiger partial charge in [0.25, 0.3) is 0 Å².